The van der Waals surface area contributed by atoms with Crippen molar-refractivity contribution in [1.82, 2.24) is 10.3 Å². The minimum atomic E-state index is -1.03. The molecule has 1 amide bonds. The highest BCUT2D eigenvalue weighted by atomic mass is 16.3. The molecule has 0 bridgehead atoms. The Labute approximate surface area is 123 Å². The highest BCUT2D eigenvalue weighted by Crippen LogP contribution is 2.20. The normalized spacial score (nSPS) is 13.0. The Morgan fingerprint density at radius 3 is 2.57 bits per heavy atom. The van der Waals surface area contributed by atoms with Gasteiger partial charge < -0.3 is 14.8 Å². The van der Waals surface area contributed by atoms with Crippen molar-refractivity contribution in [3.05, 3.63) is 36.2 Å². The van der Waals surface area contributed by atoms with Gasteiger partial charge in [0.05, 0.1) is 11.1 Å². The fourth-order valence-electron chi connectivity index (χ4n) is 1.61. The second-order valence-corrected chi connectivity index (χ2v) is 6.03. The number of amides is 1. The molecule has 1 aromatic heterocycles. The van der Waals surface area contributed by atoms with Gasteiger partial charge in [0.15, 0.2) is 5.58 Å². The number of aromatic nitrogens is 1. The van der Waals surface area contributed by atoms with Crippen LogP contribution in [0.25, 0.3) is 17.2 Å². The second-order valence-electron chi connectivity index (χ2n) is 6.03. The number of nitrogens with one attached hydrogen (secondary N) is 1. The van der Waals surface area contributed by atoms with E-state index in [9.17, 15) is 9.90 Å². The molecule has 21 heavy (non-hydrogen) atoms. The summed E-state index contributed by atoms with van der Waals surface area (Å²) in [6, 6.07) is 7.39. The summed E-state index contributed by atoms with van der Waals surface area (Å²) in [5.41, 5.74) is -0.368. The van der Waals surface area contributed by atoms with E-state index in [-0.39, 0.29) is 5.91 Å². The van der Waals surface area contributed by atoms with Crippen LogP contribution in [0.3, 0.4) is 0 Å². The molecular weight excluding hydrogens is 268 g/mol. The van der Waals surface area contributed by atoms with E-state index >= 15 is 0 Å². The molecule has 0 radical (unpaired) electrons. The van der Waals surface area contributed by atoms with Gasteiger partial charge in [-0.25, -0.2) is 4.98 Å². The van der Waals surface area contributed by atoms with Crippen molar-refractivity contribution in [3.8, 4) is 0 Å². The van der Waals surface area contributed by atoms with Crippen molar-refractivity contribution < 1.29 is 14.3 Å². The Bertz CT molecular complexity index is 645. The van der Waals surface area contributed by atoms with E-state index in [0.29, 0.717) is 11.5 Å². The minimum absolute atomic E-state index is 0.315. The van der Waals surface area contributed by atoms with Crippen LogP contribution in [0.1, 0.15) is 33.6 Å². The van der Waals surface area contributed by atoms with E-state index in [4.69, 9.17) is 4.42 Å². The van der Waals surface area contributed by atoms with Gasteiger partial charge in [0.1, 0.15) is 5.52 Å². The molecule has 0 aliphatic heterocycles. The Balaban J connectivity index is 2.09. The van der Waals surface area contributed by atoms with E-state index in [1.165, 1.54) is 12.2 Å². The number of aliphatic hydroxyl groups is 1. The minimum Gasteiger partial charge on any atom is -0.437 e. The van der Waals surface area contributed by atoms with E-state index in [0.717, 1.165) is 5.52 Å². The third kappa shape index (κ3) is 3.49. The molecule has 0 saturated heterocycles. The summed E-state index contributed by atoms with van der Waals surface area (Å²) in [5, 5.41) is 12.8. The van der Waals surface area contributed by atoms with Crippen LogP contribution in [-0.4, -0.2) is 27.1 Å². The maximum absolute atomic E-state index is 11.9. The SMILES string of the molecule is CC(C)(O)C(C)(C)NC(=O)/C=C/c1nc2ccccc2o1. The van der Waals surface area contributed by atoms with Crippen LogP contribution in [0, 0.1) is 0 Å². The molecular formula is C16H20N2O3. The molecule has 0 aliphatic carbocycles. The summed E-state index contributed by atoms with van der Waals surface area (Å²) in [6.45, 7) is 6.83. The van der Waals surface area contributed by atoms with Crippen molar-refractivity contribution in [2.24, 2.45) is 0 Å². The maximum atomic E-state index is 11.9. The highest BCUT2D eigenvalue weighted by Gasteiger charge is 2.35. The summed E-state index contributed by atoms with van der Waals surface area (Å²) < 4.78 is 5.49. The molecule has 2 N–H and O–H groups in total. The van der Waals surface area contributed by atoms with Crippen LogP contribution in [0.4, 0.5) is 0 Å². The molecule has 5 nitrogen and oxygen atoms in total. The number of rotatable bonds is 4. The first-order valence-corrected chi connectivity index (χ1v) is 6.77. The number of hydrogen-bond acceptors (Lipinski definition) is 4. The van der Waals surface area contributed by atoms with Gasteiger partial charge in [-0.1, -0.05) is 12.1 Å². The van der Waals surface area contributed by atoms with Gasteiger partial charge in [-0.05, 0) is 39.8 Å². The van der Waals surface area contributed by atoms with Gasteiger partial charge in [-0.3, -0.25) is 4.79 Å². The predicted octanol–water partition coefficient (Wildman–Crippen LogP) is 2.51. The molecule has 1 aromatic carbocycles. The fraction of sp³-hybridized carbons (Fsp3) is 0.375. The predicted molar refractivity (Wildman–Crippen MR) is 81.6 cm³/mol. The molecule has 0 unspecified atom stereocenters. The zero-order valence-corrected chi connectivity index (χ0v) is 12.7. The fourth-order valence-corrected chi connectivity index (χ4v) is 1.61. The summed E-state index contributed by atoms with van der Waals surface area (Å²) in [5.74, 6) is 0.0526. The number of oxazole rings is 1. The molecule has 0 saturated carbocycles. The van der Waals surface area contributed by atoms with Crippen molar-refractivity contribution in [1.29, 1.82) is 0 Å². The Kier molecular flexibility index (Phi) is 3.87. The molecule has 0 fully saturated rings. The third-order valence-electron chi connectivity index (χ3n) is 3.65. The zero-order valence-electron chi connectivity index (χ0n) is 12.7. The Morgan fingerprint density at radius 2 is 1.95 bits per heavy atom. The molecule has 1 heterocycles. The average Bonchev–Trinajstić information content (AvgIpc) is 2.77. The van der Waals surface area contributed by atoms with E-state index in [1.54, 1.807) is 27.7 Å². The van der Waals surface area contributed by atoms with Crippen LogP contribution in [0.2, 0.25) is 0 Å². The first-order chi connectivity index (χ1) is 9.69. The van der Waals surface area contributed by atoms with Gasteiger partial charge >= 0.3 is 0 Å². The van der Waals surface area contributed by atoms with Crippen LogP contribution in [0.5, 0.6) is 0 Å². The zero-order chi connectivity index (χ0) is 15.7. The Morgan fingerprint density at radius 1 is 1.29 bits per heavy atom. The molecule has 112 valence electrons. The van der Waals surface area contributed by atoms with Crippen molar-refractivity contribution in [2.45, 2.75) is 38.8 Å². The number of para-hydroxylation sites is 2. The number of fused-ring (bicyclic) bond motifs is 1. The van der Waals surface area contributed by atoms with Crippen LogP contribution in [0.15, 0.2) is 34.8 Å². The molecule has 0 atom stereocenters. The summed E-state index contributed by atoms with van der Waals surface area (Å²) >= 11 is 0. The van der Waals surface area contributed by atoms with Crippen molar-refractivity contribution in [2.75, 3.05) is 0 Å². The standard InChI is InChI=1S/C16H20N2O3/c1-15(2,16(3,4)20)18-13(19)9-10-14-17-11-7-5-6-8-12(11)21-14/h5-10,20H,1-4H3,(H,18,19)/b10-9+. The number of nitrogens with zero attached hydrogens (tertiary/aromatic N) is 1. The number of carbonyl (C=O) groups is 1. The van der Waals surface area contributed by atoms with Gasteiger partial charge in [0, 0.05) is 12.2 Å². The lowest BCUT2D eigenvalue weighted by Gasteiger charge is -2.37. The Hall–Kier alpha value is -2.14. The summed E-state index contributed by atoms with van der Waals surface area (Å²) in [4.78, 5) is 16.2. The number of hydrogen-bond donors (Lipinski definition) is 2. The lowest BCUT2D eigenvalue weighted by Crippen LogP contribution is -2.57. The maximum Gasteiger partial charge on any atom is 0.244 e. The average molecular weight is 288 g/mol. The largest absolute Gasteiger partial charge is 0.437 e. The first kappa shape index (κ1) is 15.3. The van der Waals surface area contributed by atoms with Crippen LogP contribution >= 0.6 is 0 Å². The summed E-state index contributed by atoms with van der Waals surface area (Å²) in [6.07, 6.45) is 2.86. The molecule has 0 aliphatic rings. The van der Waals surface area contributed by atoms with Gasteiger partial charge in [-0.2, -0.15) is 0 Å². The monoisotopic (exact) mass is 288 g/mol. The smallest absolute Gasteiger partial charge is 0.244 e. The van der Waals surface area contributed by atoms with Crippen molar-refractivity contribution >= 4 is 23.1 Å². The van der Waals surface area contributed by atoms with Gasteiger partial charge in [-0.15, -0.1) is 0 Å². The lowest BCUT2D eigenvalue weighted by atomic mass is 9.86. The van der Waals surface area contributed by atoms with Crippen LogP contribution < -0.4 is 5.32 Å². The molecule has 2 rings (SSSR count). The van der Waals surface area contributed by atoms with Crippen molar-refractivity contribution in [3.63, 3.8) is 0 Å². The second kappa shape index (κ2) is 5.33. The van der Waals surface area contributed by atoms with Gasteiger partial charge in [0.2, 0.25) is 11.8 Å². The number of carbonyl (C=O) groups excluding carboxylic acids is 1. The number of benzene rings is 1. The van der Waals surface area contributed by atoms with E-state index in [1.807, 2.05) is 24.3 Å². The topological polar surface area (TPSA) is 75.4 Å². The summed E-state index contributed by atoms with van der Waals surface area (Å²) in [7, 11) is 0. The van der Waals surface area contributed by atoms with Crippen LogP contribution in [-0.2, 0) is 4.79 Å². The third-order valence-corrected chi connectivity index (χ3v) is 3.65. The highest BCUT2D eigenvalue weighted by molar-refractivity contribution is 5.92. The van der Waals surface area contributed by atoms with E-state index < -0.39 is 11.1 Å². The van der Waals surface area contributed by atoms with E-state index in [2.05, 4.69) is 10.3 Å². The lowest BCUT2D eigenvalue weighted by molar-refractivity contribution is -0.121. The quantitative estimate of drug-likeness (QED) is 0.848. The molecule has 5 heteroatoms. The van der Waals surface area contributed by atoms with Gasteiger partial charge in [0.25, 0.3) is 0 Å². The molecule has 2 aromatic rings. The first-order valence-electron chi connectivity index (χ1n) is 6.77. The molecule has 0 spiro atoms.